The second-order valence-electron chi connectivity index (χ2n) is 7.13. The standard InChI is InChI=1S/C20H26N4O5S/c1-12-7-13(2)9-15(8-12)24-30(26,27)20-16(11-21-23-20)19(25)22-14-5-6-17(28-3)18(10-14)29-4/h5-10,16,20-21,23-24H,11H2,1-4H3,(H,22,25). The van der Waals surface area contributed by atoms with Gasteiger partial charge >= 0.3 is 0 Å². The van der Waals surface area contributed by atoms with Crippen LogP contribution in [0.5, 0.6) is 11.5 Å². The zero-order valence-electron chi connectivity index (χ0n) is 17.3. The molecule has 2 aromatic rings. The highest BCUT2D eigenvalue weighted by atomic mass is 32.2. The summed E-state index contributed by atoms with van der Waals surface area (Å²) in [7, 11) is -0.872. The van der Waals surface area contributed by atoms with Gasteiger partial charge in [-0.1, -0.05) is 6.07 Å². The van der Waals surface area contributed by atoms with Crippen molar-refractivity contribution in [3.63, 3.8) is 0 Å². The van der Waals surface area contributed by atoms with Gasteiger partial charge in [-0.25, -0.2) is 13.8 Å². The summed E-state index contributed by atoms with van der Waals surface area (Å²) in [6.45, 7) is 3.94. The van der Waals surface area contributed by atoms with E-state index >= 15 is 0 Å². The number of carbonyl (C=O) groups excluding carboxylic acids is 1. The molecular formula is C20H26N4O5S. The molecule has 0 bridgehead atoms. The second kappa shape index (κ2) is 8.90. The number of anilines is 2. The van der Waals surface area contributed by atoms with E-state index in [1.165, 1.54) is 14.2 Å². The van der Waals surface area contributed by atoms with E-state index in [4.69, 9.17) is 9.47 Å². The van der Waals surface area contributed by atoms with Gasteiger partial charge in [0.1, 0.15) is 0 Å². The largest absolute Gasteiger partial charge is 0.493 e. The van der Waals surface area contributed by atoms with Crippen LogP contribution in [0, 0.1) is 19.8 Å². The van der Waals surface area contributed by atoms with E-state index in [0.717, 1.165) is 11.1 Å². The smallest absolute Gasteiger partial charge is 0.250 e. The predicted molar refractivity (Wildman–Crippen MR) is 115 cm³/mol. The molecule has 1 fully saturated rings. The monoisotopic (exact) mass is 434 g/mol. The average molecular weight is 435 g/mol. The molecule has 10 heteroatoms. The minimum atomic E-state index is -3.89. The van der Waals surface area contributed by atoms with Gasteiger partial charge in [0.2, 0.25) is 5.91 Å². The summed E-state index contributed by atoms with van der Waals surface area (Å²) < 4.78 is 38.9. The summed E-state index contributed by atoms with van der Waals surface area (Å²) in [6, 6.07) is 10.4. The normalized spacial score (nSPS) is 18.7. The van der Waals surface area contributed by atoms with Crippen LogP contribution >= 0.6 is 0 Å². The maximum atomic E-state index is 12.9. The highest BCUT2D eigenvalue weighted by molar-refractivity contribution is 7.93. The number of hydrogen-bond donors (Lipinski definition) is 4. The van der Waals surface area contributed by atoms with E-state index in [0.29, 0.717) is 22.9 Å². The molecule has 1 aliphatic rings. The average Bonchev–Trinajstić information content (AvgIpc) is 3.18. The van der Waals surface area contributed by atoms with Crippen molar-refractivity contribution in [1.29, 1.82) is 0 Å². The first-order valence-corrected chi connectivity index (χ1v) is 10.9. The lowest BCUT2D eigenvalue weighted by atomic mass is 10.1. The lowest BCUT2D eigenvalue weighted by Gasteiger charge is -2.20. The Balaban J connectivity index is 1.76. The summed E-state index contributed by atoms with van der Waals surface area (Å²) >= 11 is 0. The quantitative estimate of drug-likeness (QED) is 0.524. The minimum absolute atomic E-state index is 0.164. The molecule has 9 nitrogen and oxygen atoms in total. The van der Waals surface area contributed by atoms with Gasteiger partial charge < -0.3 is 14.8 Å². The van der Waals surface area contributed by atoms with Gasteiger partial charge in [0.15, 0.2) is 16.9 Å². The molecule has 0 aliphatic carbocycles. The Labute approximate surface area is 176 Å². The highest BCUT2D eigenvalue weighted by Crippen LogP contribution is 2.30. The summed E-state index contributed by atoms with van der Waals surface area (Å²) in [5, 5.41) is 1.61. The van der Waals surface area contributed by atoms with Crippen LogP contribution < -0.4 is 30.4 Å². The molecule has 0 radical (unpaired) electrons. The Morgan fingerprint density at radius 3 is 2.30 bits per heavy atom. The number of amides is 1. The van der Waals surface area contributed by atoms with Crippen molar-refractivity contribution in [3.05, 3.63) is 47.5 Å². The first-order valence-electron chi connectivity index (χ1n) is 9.34. The molecule has 4 N–H and O–H groups in total. The minimum Gasteiger partial charge on any atom is -0.493 e. The third-order valence-electron chi connectivity index (χ3n) is 4.74. The summed E-state index contributed by atoms with van der Waals surface area (Å²) in [4.78, 5) is 12.8. The van der Waals surface area contributed by atoms with Crippen LogP contribution in [0.1, 0.15) is 11.1 Å². The summed E-state index contributed by atoms with van der Waals surface area (Å²) in [5.41, 5.74) is 8.28. The molecule has 1 saturated heterocycles. The first-order chi connectivity index (χ1) is 14.2. The number of ether oxygens (including phenoxy) is 2. The van der Waals surface area contributed by atoms with E-state index in [2.05, 4.69) is 20.9 Å². The van der Waals surface area contributed by atoms with Crippen molar-refractivity contribution in [2.75, 3.05) is 30.8 Å². The van der Waals surface area contributed by atoms with Gasteiger partial charge in [0, 0.05) is 24.0 Å². The number of hydrazine groups is 1. The van der Waals surface area contributed by atoms with E-state index in [1.807, 2.05) is 19.9 Å². The molecule has 2 aromatic carbocycles. The summed E-state index contributed by atoms with van der Waals surface area (Å²) in [5.74, 6) is -0.298. The van der Waals surface area contributed by atoms with Crippen molar-refractivity contribution in [2.45, 2.75) is 19.2 Å². The van der Waals surface area contributed by atoms with E-state index < -0.39 is 27.2 Å². The molecule has 1 heterocycles. The molecular weight excluding hydrogens is 408 g/mol. The zero-order chi connectivity index (χ0) is 21.9. The highest BCUT2D eigenvalue weighted by Gasteiger charge is 2.42. The Hall–Kier alpha value is -2.82. The van der Waals surface area contributed by atoms with Crippen LogP contribution in [0.15, 0.2) is 36.4 Å². The zero-order valence-corrected chi connectivity index (χ0v) is 18.1. The van der Waals surface area contributed by atoms with Gasteiger partial charge in [-0.3, -0.25) is 14.9 Å². The Morgan fingerprint density at radius 1 is 1.00 bits per heavy atom. The van der Waals surface area contributed by atoms with Gasteiger partial charge in [-0.05, 0) is 49.2 Å². The van der Waals surface area contributed by atoms with E-state index in [-0.39, 0.29) is 6.54 Å². The maximum absolute atomic E-state index is 12.9. The van der Waals surface area contributed by atoms with E-state index in [9.17, 15) is 13.2 Å². The van der Waals surface area contributed by atoms with Gasteiger partial charge in [0.05, 0.1) is 20.1 Å². The van der Waals surface area contributed by atoms with Crippen molar-refractivity contribution in [3.8, 4) is 11.5 Å². The lowest BCUT2D eigenvalue weighted by molar-refractivity contribution is -0.119. The lowest BCUT2D eigenvalue weighted by Crippen LogP contribution is -2.45. The van der Waals surface area contributed by atoms with Crippen molar-refractivity contribution >= 4 is 27.3 Å². The van der Waals surface area contributed by atoms with Crippen LogP contribution in [0.2, 0.25) is 0 Å². The fourth-order valence-electron chi connectivity index (χ4n) is 3.41. The third kappa shape index (κ3) is 4.84. The summed E-state index contributed by atoms with van der Waals surface area (Å²) in [6.07, 6.45) is 0. The van der Waals surface area contributed by atoms with Gasteiger partial charge in [-0.15, -0.1) is 0 Å². The van der Waals surface area contributed by atoms with Crippen molar-refractivity contribution in [1.82, 2.24) is 10.9 Å². The Bertz CT molecular complexity index is 1020. The molecule has 3 rings (SSSR count). The molecule has 0 saturated carbocycles. The predicted octanol–water partition coefficient (Wildman–Crippen LogP) is 1.75. The molecule has 2 atom stereocenters. The van der Waals surface area contributed by atoms with Crippen LogP contribution in [-0.4, -0.2) is 40.5 Å². The molecule has 1 aliphatic heterocycles. The molecule has 0 aromatic heterocycles. The fraction of sp³-hybridized carbons (Fsp3) is 0.350. The maximum Gasteiger partial charge on any atom is 0.250 e. The number of methoxy groups -OCH3 is 2. The molecule has 1 amide bonds. The molecule has 0 spiro atoms. The number of sulfonamides is 1. The number of aryl methyl sites for hydroxylation is 2. The second-order valence-corrected chi connectivity index (χ2v) is 8.94. The van der Waals surface area contributed by atoms with Crippen LogP contribution in [0.4, 0.5) is 11.4 Å². The Kier molecular flexibility index (Phi) is 6.49. The molecule has 162 valence electrons. The van der Waals surface area contributed by atoms with Gasteiger partial charge in [0.25, 0.3) is 10.0 Å². The molecule has 30 heavy (non-hydrogen) atoms. The third-order valence-corrected chi connectivity index (χ3v) is 6.37. The number of hydrogen-bond acceptors (Lipinski definition) is 7. The SMILES string of the molecule is COc1ccc(NC(=O)C2CNNC2S(=O)(=O)Nc2cc(C)cc(C)c2)cc1OC. The van der Waals surface area contributed by atoms with Crippen molar-refractivity contribution < 1.29 is 22.7 Å². The Morgan fingerprint density at radius 2 is 1.67 bits per heavy atom. The molecule has 2 unspecified atom stereocenters. The number of carbonyl (C=O) groups is 1. The van der Waals surface area contributed by atoms with Crippen LogP contribution in [-0.2, 0) is 14.8 Å². The number of rotatable bonds is 7. The fourth-order valence-corrected chi connectivity index (χ4v) is 4.88. The number of nitrogens with one attached hydrogen (secondary N) is 4. The topological polar surface area (TPSA) is 118 Å². The number of benzene rings is 2. The van der Waals surface area contributed by atoms with Crippen LogP contribution in [0.3, 0.4) is 0 Å². The van der Waals surface area contributed by atoms with E-state index in [1.54, 1.807) is 30.3 Å². The van der Waals surface area contributed by atoms with Gasteiger partial charge in [-0.2, -0.15) is 0 Å². The van der Waals surface area contributed by atoms with Crippen molar-refractivity contribution in [2.24, 2.45) is 5.92 Å². The van der Waals surface area contributed by atoms with Crippen LogP contribution in [0.25, 0.3) is 0 Å². The first kappa shape index (κ1) is 21.9.